The molecule has 2 heterocycles. The third-order valence-corrected chi connectivity index (χ3v) is 3.35. The highest BCUT2D eigenvalue weighted by molar-refractivity contribution is 6.06. The SMILES string of the molecule is C1=CC2=C(CCC3CCCN=C23)NN=C1. The highest BCUT2D eigenvalue weighted by Gasteiger charge is 2.28. The van der Waals surface area contributed by atoms with Crippen LogP contribution < -0.4 is 5.43 Å². The summed E-state index contributed by atoms with van der Waals surface area (Å²) in [4.78, 5) is 4.69. The lowest BCUT2D eigenvalue weighted by atomic mass is 9.80. The van der Waals surface area contributed by atoms with Gasteiger partial charge in [0.25, 0.3) is 0 Å². The third kappa shape index (κ3) is 1.52. The van der Waals surface area contributed by atoms with E-state index in [9.17, 15) is 0 Å². The van der Waals surface area contributed by atoms with Gasteiger partial charge in [-0.1, -0.05) is 0 Å². The van der Waals surface area contributed by atoms with Crippen LogP contribution in [0.2, 0.25) is 0 Å². The molecule has 3 aliphatic rings. The van der Waals surface area contributed by atoms with Crippen LogP contribution in [0.15, 0.2) is 33.5 Å². The topological polar surface area (TPSA) is 36.8 Å². The molecule has 1 N–H and O–H groups in total. The molecule has 0 spiro atoms. The molecule has 3 nitrogen and oxygen atoms in total. The van der Waals surface area contributed by atoms with Crippen LogP contribution in [0.1, 0.15) is 25.7 Å². The summed E-state index contributed by atoms with van der Waals surface area (Å²) in [6.07, 6.45) is 10.9. The van der Waals surface area contributed by atoms with Crippen molar-refractivity contribution in [2.45, 2.75) is 25.7 Å². The van der Waals surface area contributed by atoms with E-state index in [4.69, 9.17) is 0 Å². The summed E-state index contributed by atoms with van der Waals surface area (Å²) in [5, 5.41) is 4.12. The third-order valence-electron chi connectivity index (χ3n) is 3.35. The molecule has 15 heavy (non-hydrogen) atoms. The van der Waals surface area contributed by atoms with Gasteiger partial charge in [0.15, 0.2) is 0 Å². The molecule has 0 aromatic carbocycles. The number of rotatable bonds is 0. The van der Waals surface area contributed by atoms with Gasteiger partial charge in [0, 0.05) is 35.7 Å². The van der Waals surface area contributed by atoms with E-state index in [-0.39, 0.29) is 0 Å². The van der Waals surface area contributed by atoms with Gasteiger partial charge in [-0.3, -0.25) is 10.4 Å². The molecule has 1 unspecified atom stereocenters. The van der Waals surface area contributed by atoms with E-state index in [1.54, 1.807) is 6.21 Å². The van der Waals surface area contributed by atoms with Gasteiger partial charge in [-0.05, 0) is 37.8 Å². The number of aliphatic imine (C=N–C) groups is 1. The van der Waals surface area contributed by atoms with Crippen molar-refractivity contribution in [2.24, 2.45) is 16.0 Å². The molecule has 0 amide bonds. The van der Waals surface area contributed by atoms with E-state index in [1.165, 1.54) is 36.2 Å². The van der Waals surface area contributed by atoms with E-state index < -0.39 is 0 Å². The average Bonchev–Trinajstić information content (AvgIpc) is 2.54. The molecule has 0 bridgehead atoms. The highest BCUT2D eigenvalue weighted by atomic mass is 15.3. The van der Waals surface area contributed by atoms with Gasteiger partial charge in [-0.15, -0.1) is 0 Å². The molecule has 0 aromatic heterocycles. The van der Waals surface area contributed by atoms with E-state index in [0.717, 1.165) is 13.0 Å². The highest BCUT2D eigenvalue weighted by Crippen LogP contribution is 2.32. The van der Waals surface area contributed by atoms with E-state index >= 15 is 0 Å². The van der Waals surface area contributed by atoms with Crippen LogP contribution in [0.4, 0.5) is 0 Å². The Bertz CT molecular complexity index is 388. The van der Waals surface area contributed by atoms with Gasteiger partial charge in [-0.2, -0.15) is 5.10 Å². The standard InChI is InChI=1S/C12H15N3/c1-3-9-5-6-11-10(12(9)13-7-1)4-2-8-14-15-11/h2,4,8-9,15H,1,3,5-7H2. The van der Waals surface area contributed by atoms with Crippen LogP contribution in [-0.4, -0.2) is 18.5 Å². The Morgan fingerprint density at radius 1 is 1.33 bits per heavy atom. The minimum absolute atomic E-state index is 0.696. The van der Waals surface area contributed by atoms with Gasteiger partial charge in [0.1, 0.15) is 0 Å². The first-order valence-corrected chi connectivity index (χ1v) is 5.69. The molecule has 0 radical (unpaired) electrons. The lowest BCUT2D eigenvalue weighted by molar-refractivity contribution is 0.511. The van der Waals surface area contributed by atoms with Crippen molar-refractivity contribution in [2.75, 3.05) is 6.54 Å². The molecule has 2 aliphatic heterocycles. The van der Waals surface area contributed by atoms with E-state index in [1.807, 2.05) is 6.08 Å². The quantitative estimate of drug-likeness (QED) is 0.639. The van der Waals surface area contributed by atoms with Crippen LogP contribution in [0.5, 0.6) is 0 Å². The Balaban J connectivity index is 2.03. The Kier molecular flexibility index (Phi) is 2.16. The van der Waals surface area contributed by atoms with Gasteiger partial charge < -0.3 is 0 Å². The van der Waals surface area contributed by atoms with Gasteiger partial charge in [-0.25, -0.2) is 0 Å². The van der Waals surface area contributed by atoms with Crippen molar-refractivity contribution in [3.8, 4) is 0 Å². The lowest BCUT2D eigenvalue weighted by Gasteiger charge is -2.29. The van der Waals surface area contributed by atoms with Gasteiger partial charge in [0.2, 0.25) is 0 Å². The second kappa shape index (κ2) is 3.65. The number of nitrogens with zero attached hydrogens (tertiary/aromatic N) is 2. The van der Waals surface area contributed by atoms with Crippen molar-refractivity contribution < 1.29 is 0 Å². The zero-order valence-electron chi connectivity index (χ0n) is 8.74. The first-order chi connectivity index (χ1) is 7.45. The lowest BCUT2D eigenvalue weighted by Crippen LogP contribution is -2.28. The molecule has 0 aromatic rings. The number of fused-ring (bicyclic) bond motifs is 2. The van der Waals surface area contributed by atoms with Gasteiger partial charge in [0.05, 0.1) is 0 Å². The maximum Gasteiger partial charge on any atom is 0.0472 e. The molecule has 0 fully saturated rings. The number of nitrogens with one attached hydrogen (secondary N) is 1. The fourth-order valence-electron chi connectivity index (χ4n) is 2.60. The second-order valence-electron chi connectivity index (χ2n) is 4.29. The van der Waals surface area contributed by atoms with Crippen molar-refractivity contribution >= 4 is 11.9 Å². The van der Waals surface area contributed by atoms with Crippen LogP contribution in [0.3, 0.4) is 0 Å². The predicted molar refractivity (Wildman–Crippen MR) is 62.1 cm³/mol. The largest absolute Gasteiger partial charge is 0.289 e. The Labute approximate surface area is 89.7 Å². The predicted octanol–water partition coefficient (Wildman–Crippen LogP) is 2.03. The summed E-state index contributed by atoms with van der Waals surface area (Å²) in [7, 11) is 0. The van der Waals surface area contributed by atoms with E-state index in [2.05, 4.69) is 21.6 Å². The Morgan fingerprint density at radius 3 is 3.33 bits per heavy atom. The number of hydrogen-bond acceptors (Lipinski definition) is 3. The van der Waals surface area contributed by atoms with Crippen molar-refractivity contribution in [3.63, 3.8) is 0 Å². The first-order valence-electron chi connectivity index (χ1n) is 5.69. The van der Waals surface area contributed by atoms with Crippen LogP contribution in [0.25, 0.3) is 0 Å². The normalized spacial score (nSPS) is 28.8. The second-order valence-corrected chi connectivity index (χ2v) is 4.29. The van der Waals surface area contributed by atoms with Crippen molar-refractivity contribution in [1.29, 1.82) is 0 Å². The van der Waals surface area contributed by atoms with Crippen LogP contribution in [0, 0.1) is 5.92 Å². The maximum absolute atomic E-state index is 4.69. The molecular weight excluding hydrogens is 186 g/mol. The summed E-state index contributed by atoms with van der Waals surface area (Å²) in [5.74, 6) is 0.696. The summed E-state index contributed by atoms with van der Waals surface area (Å²) in [6.45, 7) is 0.997. The first kappa shape index (κ1) is 8.89. The molecule has 1 aliphatic carbocycles. The molecule has 78 valence electrons. The summed E-state index contributed by atoms with van der Waals surface area (Å²) >= 11 is 0. The van der Waals surface area contributed by atoms with Gasteiger partial charge >= 0.3 is 0 Å². The van der Waals surface area contributed by atoms with Crippen LogP contribution in [-0.2, 0) is 0 Å². The summed E-state index contributed by atoms with van der Waals surface area (Å²) in [5.41, 5.74) is 6.98. The molecule has 1 atom stereocenters. The summed E-state index contributed by atoms with van der Waals surface area (Å²) in [6, 6.07) is 0. The Morgan fingerprint density at radius 2 is 2.33 bits per heavy atom. The number of allylic oxidation sites excluding steroid dienone is 4. The zero-order valence-corrected chi connectivity index (χ0v) is 8.74. The molecule has 3 heteroatoms. The minimum Gasteiger partial charge on any atom is -0.289 e. The van der Waals surface area contributed by atoms with Crippen molar-refractivity contribution in [1.82, 2.24) is 5.43 Å². The smallest absolute Gasteiger partial charge is 0.0472 e. The zero-order chi connectivity index (χ0) is 10.1. The fraction of sp³-hybridized carbons (Fsp3) is 0.500. The average molecular weight is 201 g/mol. The fourth-order valence-corrected chi connectivity index (χ4v) is 2.60. The molecule has 3 rings (SSSR count). The molecule has 0 saturated carbocycles. The molecular formula is C12H15N3. The molecule has 0 saturated heterocycles. The number of hydrogen-bond donors (Lipinski definition) is 1. The monoisotopic (exact) mass is 201 g/mol. The van der Waals surface area contributed by atoms with E-state index in [0.29, 0.717) is 5.92 Å². The Hall–Kier alpha value is -1.38. The van der Waals surface area contributed by atoms with Crippen molar-refractivity contribution in [3.05, 3.63) is 23.4 Å². The number of hydrazone groups is 1. The summed E-state index contributed by atoms with van der Waals surface area (Å²) < 4.78 is 0. The maximum atomic E-state index is 4.69. The van der Waals surface area contributed by atoms with Crippen LogP contribution >= 0.6 is 0 Å². The minimum atomic E-state index is 0.696.